The first-order valence-corrected chi connectivity index (χ1v) is 9.55. The second kappa shape index (κ2) is 8.60. The normalized spacial score (nSPS) is 12.1. The van der Waals surface area contributed by atoms with E-state index in [2.05, 4.69) is 0 Å². The zero-order chi connectivity index (χ0) is 19.2. The van der Waals surface area contributed by atoms with Gasteiger partial charge in [-0.3, -0.25) is 4.79 Å². The van der Waals surface area contributed by atoms with Gasteiger partial charge in [-0.1, -0.05) is 59.7 Å². The van der Waals surface area contributed by atoms with Gasteiger partial charge in [0.2, 0.25) is 5.78 Å². The van der Waals surface area contributed by atoms with Crippen molar-refractivity contribution in [3.63, 3.8) is 0 Å². The van der Waals surface area contributed by atoms with Gasteiger partial charge in [-0.2, -0.15) is 11.3 Å². The molecule has 0 aliphatic carbocycles. The molecule has 1 heterocycles. The van der Waals surface area contributed by atoms with Gasteiger partial charge < -0.3 is 4.74 Å². The van der Waals surface area contributed by atoms with Crippen LogP contribution < -0.4 is 0 Å². The quantitative estimate of drug-likeness (QED) is 0.322. The van der Waals surface area contributed by atoms with E-state index in [9.17, 15) is 9.59 Å². The maximum atomic E-state index is 13.0. The summed E-state index contributed by atoms with van der Waals surface area (Å²) in [5, 5.41) is 3.86. The number of aryl methyl sites for hydroxylation is 2. The minimum atomic E-state index is -0.979. The van der Waals surface area contributed by atoms with Gasteiger partial charge >= 0.3 is 5.97 Å². The zero-order valence-electron chi connectivity index (χ0n) is 15.2. The van der Waals surface area contributed by atoms with E-state index in [1.165, 1.54) is 6.08 Å². The number of hydrogen-bond acceptors (Lipinski definition) is 4. The Morgan fingerprint density at radius 1 is 0.926 bits per heavy atom. The van der Waals surface area contributed by atoms with Crippen LogP contribution >= 0.6 is 11.3 Å². The van der Waals surface area contributed by atoms with Crippen LogP contribution in [0.1, 0.15) is 38.7 Å². The number of carbonyl (C=O) groups is 2. The number of esters is 1. The maximum Gasteiger partial charge on any atom is 0.331 e. The Hall–Kier alpha value is -2.98. The van der Waals surface area contributed by atoms with Gasteiger partial charge in [0, 0.05) is 17.2 Å². The fourth-order valence-electron chi connectivity index (χ4n) is 2.57. The number of thiophene rings is 1. The van der Waals surface area contributed by atoms with Crippen molar-refractivity contribution < 1.29 is 14.3 Å². The SMILES string of the molecule is Cc1ccc(C(=O)[C@H](OC(=O)/C=C/c2ccsc2)c2ccc(C)cc2)cc1. The molecule has 0 fully saturated rings. The Morgan fingerprint density at radius 2 is 1.56 bits per heavy atom. The van der Waals surface area contributed by atoms with Gasteiger partial charge in [0.1, 0.15) is 0 Å². The second-order valence-corrected chi connectivity index (χ2v) is 7.13. The average molecular weight is 376 g/mol. The van der Waals surface area contributed by atoms with E-state index >= 15 is 0 Å². The molecule has 136 valence electrons. The molecule has 3 rings (SSSR count). The number of Topliss-reactive ketones (excluding diaryl/α,β-unsaturated/α-hetero) is 1. The van der Waals surface area contributed by atoms with E-state index in [1.807, 2.05) is 67.1 Å². The Labute approximate surface area is 162 Å². The number of benzene rings is 2. The molecule has 3 aromatic rings. The fourth-order valence-corrected chi connectivity index (χ4v) is 3.20. The summed E-state index contributed by atoms with van der Waals surface area (Å²) in [6.07, 6.45) is 2.06. The maximum absolute atomic E-state index is 13.0. The Morgan fingerprint density at radius 3 is 2.15 bits per heavy atom. The lowest BCUT2D eigenvalue weighted by Crippen LogP contribution is -2.19. The van der Waals surface area contributed by atoms with Gasteiger partial charge in [-0.25, -0.2) is 4.79 Å². The molecule has 0 N–H and O–H groups in total. The number of ketones is 1. The summed E-state index contributed by atoms with van der Waals surface area (Å²) < 4.78 is 5.55. The largest absolute Gasteiger partial charge is 0.446 e. The summed E-state index contributed by atoms with van der Waals surface area (Å²) in [4.78, 5) is 25.3. The van der Waals surface area contributed by atoms with Crippen molar-refractivity contribution in [2.45, 2.75) is 20.0 Å². The van der Waals surface area contributed by atoms with E-state index in [1.54, 1.807) is 29.5 Å². The van der Waals surface area contributed by atoms with Crippen LogP contribution in [0.4, 0.5) is 0 Å². The van der Waals surface area contributed by atoms with Crippen molar-refractivity contribution in [1.29, 1.82) is 0 Å². The molecule has 0 radical (unpaired) electrons. The van der Waals surface area contributed by atoms with Crippen LogP contribution in [0.5, 0.6) is 0 Å². The third kappa shape index (κ3) is 5.02. The molecule has 1 aromatic heterocycles. The highest BCUT2D eigenvalue weighted by Crippen LogP contribution is 2.24. The van der Waals surface area contributed by atoms with E-state index in [0.29, 0.717) is 11.1 Å². The van der Waals surface area contributed by atoms with Gasteiger partial charge in [0.15, 0.2) is 6.10 Å². The van der Waals surface area contributed by atoms with Crippen LogP contribution in [0, 0.1) is 13.8 Å². The van der Waals surface area contributed by atoms with Crippen LogP contribution in [0.25, 0.3) is 6.08 Å². The molecular weight excluding hydrogens is 356 g/mol. The third-order valence-electron chi connectivity index (χ3n) is 4.14. The lowest BCUT2D eigenvalue weighted by molar-refractivity contribution is -0.141. The summed E-state index contributed by atoms with van der Waals surface area (Å²) in [7, 11) is 0. The third-order valence-corrected chi connectivity index (χ3v) is 4.84. The van der Waals surface area contributed by atoms with Crippen molar-refractivity contribution in [2.75, 3.05) is 0 Å². The van der Waals surface area contributed by atoms with Crippen molar-refractivity contribution in [3.8, 4) is 0 Å². The predicted molar refractivity (Wildman–Crippen MR) is 109 cm³/mol. The molecule has 4 heteroatoms. The monoisotopic (exact) mass is 376 g/mol. The van der Waals surface area contributed by atoms with Gasteiger partial charge in [0.05, 0.1) is 0 Å². The first kappa shape index (κ1) is 18.8. The number of ether oxygens (including phenoxy) is 1. The molecular formula is C23H20O3S. The van der Waals surface area contributed by atoms with Crippen LogP contribution in [-0.4, -0.2) is 11.8 Å². The lowest BCUT2D eigenvalue weighted by Gasteiger charge is -2.17. The average Bonchev–Trinajstić information content (AvgIpc) is 3.19. The minimum Gasteiger partial charge on any atom is -0.446 e. The molecule has 0 bridgehead atoms. The van der Waals surface area contributed by atoms with Crippen molar-refractivity contribution in [2.24, 2.45) is 0 Å². The highest BCUT2D eigenvalue weighted by Gasteiger charge is 2.25. The summed E-state index contributed by atoms with van der Waals surface area (Å²) >= 11 is 1.55. The Kier molecular flexibility index (Phi) is 5.99. The number of rotatable bonds is 6. The Balaban J connectivity index is 1.85. The highest BCUT2D eigenvalue weighted by molar-refractivity contribution is 7.08. The van der Waals surface area contributed by atoms with Gasteiger partial charge in [-0.05, 0) is 42.3 Å². The topological polar surface area (TPSA) is 43.4 Å². The van der Waals surface area contributed by atoms with Crippen LogP contribution in [0.2, 0.25) is 0 Å². The second-order valence-electron chi connectivity index (χ2n) is 6.35. The molecule has 0 saturated carbocycles. The van der Waals surface area contributed by atoms with Crippen molar-refractivity contribution >= 4 is 29.2 Å². The highest BCUT2D eigenvalue weighted by atomic mass is 32.1. The smallest absolute Gasteiger partial charge is 0.331 e. The van der Waals surface area contributed by atoms with Crippen LogP contribution in [-0.2, 0) is 9.53 Å². The zero-order valence-corrected chi connectivity index (χ0v) is 16.0. The van der Waals surface area contributed by atoms with Crippen LogP contribution in [0.15, 0.2) is 71.4 Å². The summed E-state index contributed by atoms with van der Waals surface area (Å²) in [6.45, 7) is 3.93. The molecule has 0 spiro atoms. The first-order valence-electron chi connectivity index (χ1n) is 8.61. The molecule has 0 saturated heterocycles. The van der Waals surface area contributed by atoms with Gasteiger partial charge in [0.25, 0.3) is 0 Å². The summed E-state index contributed by atoms with van der Waals surface area (Å²) in [5.74, 6) is -0.789. The molecule has 27 heavy (non-hydrogen) atoms. The molecule has 2 aromatic carbocycles. The summed E-state index contributed by atoms with van der Waals surface area (Å²) in [6, 6.07) is 16.6. The van der Waals surface area contributed by atoms with Gasteiger partial charge in [-0.15, -0.1) is 0 Å². The fraction of sp³-hybridized carbons (Fsp3) is 0.130. The Bertz CT molecular complexity index is 936. The molecule has 0 amide bonds. The molecule has 0 aliphatic heterocycles. The van der Waals surface area contributed by atoms with E-state index in [-0.39, 0.29) is 5.78 Å². The molecule has 1 atom stereocenters. The number of carbonyl (C=O) groups excluding carboxylic acids is 2. The summed E-state index contributed by atoms with van der Waals surface area (Å²) in [5.41, 5.74) is 4.23. The predicted octanol–water partition coefficient (Wildman–Crippen LogP) is 5.55. The minimum absolute atomic E-state index is 0.240. The molecule has 0 unspecified atom stereocenters. The van der Waals surface area contributed by atoms with Crippen LogP contribution in [0.3, 0.4) is 0 Å². The van der Waals surface area contributed by atoms with E-state index in [4.69, 9.17) is 4.74 Å². The van der Waals surface area contributed by atoms with E-state index < -0.39 is 12.1 Å². The standard InChI is InChI=1S/C23H20O3S/c1-16-3-8-19(9-4-16)22(25)23(20-10-5-17(2)6-11-20)26-21(24)12-7-18-13-14-27-15-18/h3-15,23H,1-2H3/b12-7+/t23-/m1/s1. The first-order chi connectivity index (χ1) is 13.0. The van der Waals surface area contributed by atoms with Crippen molar-refractivity contribution in [1.82, 2.24) is 0 Å². The van der Waals surface area contributed by atoms with Crippen molar-refractivity contribution in [3.05, 3.63) is 99.3 Å². The number of hydrogen-bond donors (Lipinski definition) is 0. The lowest BCUT2D eigenvalue weighted by atomic mass is 9.98. The van der Waals surface area contributed by atoms with E-state index in [0.717, 1.165) is 16.7 Å². The molecule has 3 nitrogen and oxygen atoms in total. The molecule has 0 aliphatic rings.